The number of nitrogens with two attached hydrogens (primary N) is 1. The van der Waals surface area contributed by atoms with Gasteiger partial charge in [-0.1, -0.05) is 20.8 Å². The van der Waals surface area contributed by atoms with E-state index in [1.807, 2.05) is 0 Å². The first-order valence-electron chi connectivity index (χ1n) is 7.54. The fourth-order valence-corrected chi connectivity index (χ4v) is 3.58. The van der Waals surface area contributed by atoms with Crippen molar-refractivity contribution in [2.24, 2.45) is 29.4 Å². The Hall–Kier alpha value is -0.0800. The van der Waals surface area contributed by atoms with Gasteiger partial charge in [-0.3, -0.25) is 0 Å². The van der Waals surface area contributed by atoms with E-state index in [0.29, 0.717) is 6.04 Å². The Labute approximate surface area is 107 Å². The van der Waals surface area contributed by atoms with Crippen molar-refractivity contribution < 1.29 is 0 Å². The molecule has 2 aliphatic rings. The number of hydrogen-bond acceptors (Lipinski definition) is 2. The standard InChI is InChI=1S/C15H30N2/c1-11-4-5-15(16)14(8-11)10-17-7-6-12(2)13(3)9-17/h11-15H,4-10,16H2,1-3H3. The van der Waals surface area contributed by atoms with E-state index in [2.05, 4.69) is 25.7 Å². The highest BCUT2D eigenvalue weighted by atomic mass is 15.1. The quantitative estimate of drug-likeness (QED) is 0.801. The lowest BCUT2D eigenvalue weighted by atomic mass is 9.78. The van der Waals surface area contributed by atoms with Crippen LogP contribution < -0.4 is 5.73 Å². The smallest absolute Gasteiger partial charge is 0.00795 e. The summed E-state index contributed by atoms with van der Waals surface area (Å²) in [5, 5.41) is 0. The molecule has 1 saturated carbocycles. The summed E-state index contributed by atoms with van der Waals surface area (Å²) in [6.07, 6.45) is 5.30. The molecule has 1 aliphatic heterocycles. The van der Waals surface area contributed by atoms with Crippen LogP contribution in [0.2, 0.25) is 0 Å². The van der Waals surface area contributed by atoms with Crippen LogP contribution in [0.25, 0.3) is 0 Å². The summed E-state index contributed by atoms with van der Waals surface area (Å²) in [5.74, 6) is 3.41. The predicted molar refractivity (Wildman–Crippen MR) is 73.9 cm³/mol. The van der Waals surface area contributed by atoms with Crippen molar-refractivity contribution in [2.75, 3.05) is 19.6 Å². The van der Waals surface area contributed by atoms with E-state index >= 15 is 0 Å². The Bertz CT molecular complexity index is 241. The van der Waals surface area contributed by atoms with Crippen LogP contribution in [0.3, 0.4) is 0 Å². The molecule has 1 aliphatic carbocycles. The molecule has 2 heteroatoms. The molecule has 1 heterocycles. The number of piperidine rings is 1. The van der Waals surface area contributed by atoms with E-state index in [1.165, 1.54) is 45.3 Å². The van der Waals surface area contributed by atoms with Gasteiger partial charge in [0.15, 0.2) is 0 Å². The zero-order valence-electron chi connectivity index (χ0n) is 11.9. The molecule has 0 aromatic carbocycles. The molecule has 2 rings (SSSR count). The number of likely N-dealkylation sites (tertiary alicyclic amines) is 1. The molecule has 2 fully saturated rings. The van der Waals surface area contributed by atoms with Crippen molar-refractivity contribution >= 4 is 0 Å². The minimum absolute atomic E-state index is 0.459. The summed E-state index contributed by atoms with van der Waals surface area (Å²) in [4.78, 5) is 2.67. The molecule has 2 nitrogen and oxygen atoms in total. The van der Waals surface area contributed by atoms with Crippen LogP contribution in [0.1, 0.15) is 46.5 Å². The van der Waals surface area contributed by atoms with Crippen molar-refractivity contribution in [3.63, 3.8) is 0 Å². The van der Waals surface area contributed by atoms with Gasteiger partial charge >= 0.3 is 0 Å². The highest BCUT2D eigenvalue weighted by Gasteiger charge is 2.30. The SMILES string of the molecule is CC1CCC(N)C(CN2CCC(C)C(C)C2)C1. The minimum Gasteiger partial charge on any atom is -0.327 e. The fourth-order valence-electron chi connectivity index (χ4n) is 3.58. The molecule has 5 atom stereocenters. The van der Waals surface area contributed by atoms with Crippen molar-refractivity contribution in [1.29, 1.82) is 0 Å². The van der Waals surface area contributed by atoms with Gasteiger partial charge in [0.2, 0.25) is 0 Å². The molecule has 0 amide bonds. The summed E-state index contributed by atoms with van der Waals surface area (Å²) in [5.41, 5.74) is 6.29. The molecule has 100 valence electrons. The van der Waals surface area contributed by atoms with Gasteiger partial charge in [0.1, 0.15) is 0 Å². The highest BCUT2D eigenvalue weighted by Crippen LogP contribution is 2.30. The van der Waals surface area contributed by atoms with Crippen molar-refractivity contribution in [1.82, 2.24) is 4.90 Å². The third kappa shape index (κ3) is 3.45. The Balaban J connectivity index is 1.83. The van der Waals surface area contributed by atoms with Gasteiger partial charge in [0.25, 0.3) is 0 Å². The van der Waals surface area contributed by atoms with Gasteiger partial charge < -0.3 is 10.6 Å². The molecule has 0 radical (unpaired) electrons. The van der Waals surface area contributed by atoms with Gasteiger partial charge in [0, 0.05) is 19.1 Å². The van der Waals surface area contributed by atoms with Crippen LogP contribution in [-0.2, 0) is 0 Å². The van der Waals surface area contributed by atoms with Crippen molar-refractivity contribution in [3.8, 4) is 0 Å². The first-order chi connectivity index (χ1) is 8.06. The van der Waals surface area contributed by atoms with Crippen molar-refractivity contribution in [2.45, 2.75) is 52.5 Å². The van der Waals surface area contributed by atoms with E-state index in [0.717, 1.165) is 23.7 Å². The predicted octanol–water partition coefficient (Wildman–Crippen LogP) is 2.73. The third-order valence-electron chi connectivity index (χ3n) is 5.21. The summed E-state index contributed by atoms with van der Waals surface area (Å²) in [6.45, 7) is 11.0. The maximum atomic E-state index is 6.29. The van der Waals surface area contributed by atoms with Crippen LogP contribution in [0.4, 0.5) is 0 Å². The Kier molecular flexibility index (Phi) is 4.48. The number of hydrogen-bond donors (Lipinski definition) is 1. The van der Waals surface area contributed by atoms with E-state index in [-0.39, 0.29) is 0 Å². The third-order valence-corrected chi connectivity index (χ3v) is 5.21. The molecule has 2 N–H and O–H groups in total. The molecule has 0 bridgehead atoms. The lowest BCUT2D eigenvalue weighted by Gasteiger charge is -2.40. The number of rotatable bonds is 2. The first kappa shape index (κ1) is 13.4. The average molecular weight is 238 g/mol. The minimum atomic E-state index is 0.459. The molecule has 0 aromatic heterocycles. The molecule has 5 unspecified atom stereocenters. The van der Waals surface area contributed by atoms with Gasteiger partial charge in [-0.25, -0.2) is 0 Å². The van der Waals surface area contributed by atoms with Crippen LogP contribution in [0.5, 0.6) is 0 Å². The maximum Gasteiger partial charge on any atom is 0.00795 e. The van der Waals surface area contributed by atoms with Crippen molar-refractivity contribution in [3.05, 3.63) is 0 Å². The van der Waals surface area contributed by atoms with E-state index in [9.17, 15) is 0 Å². The summed E-state index contributed by atoms with van der Waals surface area (Å²) >= 11 is 0. The molecule has 0 aromatic rings. The Morgan fingerprint density at radius 1 is 1.06 bits per heavy atom. The second kappa shape index (κ2) is 5.71. The zero-order valence-corrected chi connectivity index (χ0v) is 11.9. The van der Waals surface area contributed by atoms with E-state index < -0.39 is 0 Å². The lowest BCUT2D eigenvalue weighted by Crippen LogP contribution is -2.46. The molecule has 0 spiro atoms. The summed E-state index contributed by atoms with van der Waals surface area (Å²) < 4.78 is 0. The van der Waals surface area contributed by atoms with Crippen LogP contribution in [0, 0.1) is 23.7 Å². The monoisotopic (exact) mass is 238 g/mol. The molecule has 17 heavy (non-hydrogen) atoms. The molecular formula is C15H30N2. The Morgan fingerprint density at radius 3 is 2.53 bits per heavy atom. The van der Waals surface area contributed by atoms with Gasteiger partial charge in [-0.15, -0.1) is 0 Å². The first-order valence-corrected chi connectivity index (χ1v) is 7.54. The topological polar surface area (TPSA) is 29.3 Å². The Morgan fingerprint density at radius 2 is 1.82 bits per heavy atom. The van der Waals surface area contributed by atoms with Gasteiger partial charge in [-0.05, 0) is 55.9 Å². The molecular weight excluding hydrogens is 208 g/mol. The van der Waals surface area contributed by atoms with E-state index in [1.54, 1.807) is 0 Å². The highest BCUT2D eigenvalue weighted by molar-refractivity contribution is 4.85. The second-order valence-corrected chi connectivity index (χ2v) is 6.84. The van der Waals surface area contributed by atoms with Gasteiger partial charge in [-0.2, -0.15) is 0 Å². The van der Waals surface area contributed by atoms with Crippen LogP contribution in [-0.4, -0.2) is 30.6 Å². The number of nitrogens with zero attached hydrogens (tertiary/aromatic N) is 1. The zero-order chi connectivity index (χ0) is 12.4. The van der Waals surface area contributed by atoms with Gasteiger partial charge in [0.05, 0.1) is 0 Å². The molecule has 1 saturated heterocycles. The average Bonchev–Trinajstić information content (AvgIpc) is 2.29. The largest absolute Gasteiger partial charge is 0.327 e. The van der Waals surface area contributed by atoms with Crippen LogP contribution >= 0.6 is 0 Å². The van der Waals surface area contributed by atoms with Crippen LogP contribution in [0.15, 0.2) is 0 Å². The summed E-state index contributed by atoms with van der Waals surface area (Å²) in [6, 6.07) is 0.459. The van der Waals surface area contributed by atoms with E-state index in [4.69, 9.17) is 5.73 Å². The second-order valence-electron chi connectivity index (χ2n) is 6.84. The summed E-state index contributed by atoms with van der Waals surface area (Å²) in [7, 11) is 0. The lowest BCUT2D eigenvalue weighted by molar-refractivity contribution is 0.0970. The fraction of sp³-hybridized carbons (Fsp3) is 1.00. The maximum absolute atomic E-state index is 6.29. The normalized spacial score (nSPS) is 44.8.